The number of ether oxygens (including phenoxy) is 2. The smallest absolute Gasteiger partial charge is 0.305 e. The highest BCUT2D eigenvalue weighted by atomic mass is 32.1. The van der Waals surface area contributed by atoms with Gasteiger partial charge in [0.25, 0.3) is 0 Å². The Morgan fingerprint density at radius 3 is 2.77 bits per heavy atom. The van der Waals surface area contributed by atoms with Crippen molar-refractivity contribution < 1.29 is 14.3 Å². The van der Waals surface area contributed by atoms with E-state index in [1.807, 2.05) is 18.2 Å². The van der Waals surface area contributed by atoms with Crippen LogP contribution in [0.4, 0.5) is 0 Å². The minimum absolute atomic E-state index is 0.133. The Morgan fingerprint density at radius 2 is 1.95 bits per heavy atom. The van der Waals surface area contributed by atoms with E-state index in [1.54, 1.807) is 18.3 Å². The van der Waals surface area contributed by atoms with Crippen LogP contribution in [-0.2, 0) is 9.53 Å². The molecule has 2 rings (SSSR count). The molecule has 0 saturated heterocycles. The largest absolute Gasteiger partial charge is 0.493 e. The van der Waals surface area contributed by atoms with Gasteiger partial charge in [-0.1, -0.05) is 31.3 Å². The average Bonchev–Trinajstić information content (AvgIpc) is 2.53. The van der Waals surface area contributed by atoms with Gasteiger partial charge in [-0.3, -0.25) is 4.79 Å². The van der Waals surface area contributed by atoms with Crippen molar-refractivity contribution in [2.24, 2.45) is 0 Å². The van der Waals surface area contributed by atoms with Crippen LogP contribution in [-0.4, -0.2) is 19.2 Å². The molecular formula is C17H20O3S2. The molecule has 0 aliphatic heterocycles. The predicted octanol–water partition coefficient (Wildman–Crippen LogP) is 5.13. The first-order valence-electron chi connectivity index (χ1n) is 7.52. The molecular weight excluding hydrogens is 316 g/mol. The number of unbranched alkanes of at least 4 members (excludes halogenated alkanes) is 2. The quantitative estimate of drug-likeness (QED) is 0.380. The summed E-state index contributed by atoms with van der Waals surface area (Å²) < 4.78 is 12.9. The molecule has 118 valence electrons. The van der Waals surface area contributed by atoms with Gasteiger partial charge in [-0.2, -0.15) is 0 Å². The molecule has 5 heteroatoms. The summed E-state index contributed by atoms with van der Waals surface area (Å²) in [5, 5.41) is 1.11. The zero-order chi connectivity index (χ0) is 15.8. The Labute approximate surface area is 139 Å². The second-order valence-electron chi connectivity index (χ2n) is 4.91. The van der Waals surface area contributed by atoms with E-state index in [4.69, 9.17) is 21.7 Å². The molecule has 0 bridgehead atoms. The van der Waals surface area contributed by atoms with E-state index < -0.39 is 0 Å². The van der Waals surface area contributed by atoms with Gasteiger partial charge in [0, 0.05) is 22.6 Å². The highest BCUT2D eigenvalue weighted by Gasteiger charge is 2.03. The van der Waals surface area contributed by atoms with Gasteiger partial charge >= 0.3 is 5.97 Å². The highest BCUT2D eigenvalue weighted by molar-refractivity contribution is 7.73. The lowest BCUT2D eigenvalue weighted by molar-refractivity contribution is -0.143. The number of fused-ring (bicyclic) bond motifs is 1. The number of carbonyl (C=O) groups excluding carboxylic acids is 1. The number of hydrogen-bond acceptors (Lipinski definition) is 5. The molecule has 1 heterocycles. The number of hydrogen-bond donors (Lipinski definition) is 0. The van der Waals surface area contributed by atoms with Crippen LogP contribution in [0.1, 0.15) is 32.6 Å². The summed E-state index contributed by atoms with van der Waals surface area (Å²) in [4.78, 5) is 11.0. The molecule has 0 aliphatic rings. The zero-order valence-corrected chi connectivity index (χ0v) is 14.3. The molecule has 0 unspecified atom stereocenters. The second kappa shape index (κ2) is 8.86. The van der Waals surface area contributed by atoms with Gasteiger partial charge in [0.15, 0.2) is 0 Å². The van der Waals surface area contributed by atoms with Gasteiger partial charge < -0.3 is 9.47 Å². The SMILES string of the molecule is CCC(=O)OCCCCCOc1cc(=S)sc2ccccc12. The van der Waals surface area contributed by atoms with Gasteiger partial charge in [-0.15, -0.1) is 11.3 Å². The number of carbonyl (C=O) groups is 1. The van der Waals surface area contributed by atoms with Crippen molar-refractivity contribution in [1.82, 2.24) is 0 Å². The fourth-order valence-electron chi connectivity index (χ4n) is 2.05. The van der Waals surface area contributed by atoms with E-state index in [-0.39, 0.29) is 5.97 Å². The van der Waals surface area contributed by atoms with Crippen molar-refractivity contribution in [3.05, 3.63) is 34.2 Å². The van der Waals surface area contributed by atoms with E-state index >= 15 is 0 Å². The minimum atomic E-state index is -0.133. The number of rotatable bonds is 8. The van der Waals surface area contributed by atoms with Gasteiger partial charge in [-0.05, 0) is 31.4 Å². The maximum atomic E-state index is 11.0. The van der Waals surface area contributed by atoms with Crippen LogP contribution < -0.4 is 4.74 Å². The fourth-order valence-corrected chi connectivity index (χ4v) is 3.24. The van der Waals surface area contributed by atoms with E-state index in [1.165, 1.54) is 0 Å². The van der Waals surface area contributed by atoms with E-state index in [2.05, 4.69) is 12.1 Å². The highest BCUT2D eigenvalue weighted by Crippen LogP contribution is 2.29. The van der Waals surface area contributed by atoms with E-state index in [0.29, 0.717) is 19.6 Å². The number of benzene rings is 1. The normalized spacial score (nSPS) is 10.6. The lowest BCUT2D eigenvalue weighted by atomic mass is 10.2. The summed E-state index contributed by atoms with van der Waals surface area (Å²) in [5.74, 6) is 0.725. The molecule has 22 heavy (non-hydrogen) atoms. The Balaban J connectivity index is 1.78. The molecule has 0 saturated carbocycles. The molecule has 2 aromatic rings. The molecule has 0 atom stereocenters. The van der Waals surface area contributed by atoms with E-state index in [0.717, 1.165) is 38.9 Å². The molecule has 1 aromatic carbocycles. The molecule has 0 amide bonds. The Bertz CT molecular complexity index is 679. The van der Waals surface area contributed by atoms with Crippen molar-refractivity contribution in [2.75, 3.05) is 13.2 Å². The Morgan fingerprint density at radius 1 is 1.18 bits per heavy atom. The summed E-state index contributed by atoms with van der Waals surface area (Å²) >= 11 is 6.89. The minimum Gasteiger partial charge on any atom is -0.493 e. The summed E-state index contributed by atoms with van der Waals surface area (Å²) in [5.41, 5.74) is 0. The molecule has 0 aliphatic carbocycles. The van der Waals surface area contributed by atoms with Crippen LogP contribution in [0.15, 0.2) is 30.3 Å². The Kier molecular flexibility index (Phi) is 6.80. The number of esters is 1. The third-order valence-corrected chi connectivity index (χ3v) is 4.47. The van der Waals surface area contributed by atoms with Crippen LogP contribution in [0.5, 0.6) is 5.75 Å². The molecule has 0 radical (unpaired) electrons. The summed E-state index contributed by atoms with van der Waals surface area (Å²) in [6.07, 6.45) is 3.22. The van der Waals surface area contributed by atoms with Crippen LogP contribution in [0.25, 0.3) is 10.1 Å². The van der Waals surface area contributed by atoms with Crippen molar-refractivity contribution in [2.45, 2.75) is 32.6 Å². The van der Waals surface area contributed by atoms with Crippen molar-refractivity contribution in [1.29, 1.82) is 0 Å². The van der Waals surface area contributed by atoms with E-state index in [9.17, 15) is 4.79 Å². The lowest BCUT2D eigenvalue weighted by Gasteiger charge is -2.09. The van der Waals surface area contributed by atoms with Crippen molar-refractivity contribution >= 4 is 39.6 Å². The second-order valence-corrected chi connectivity index (χ2v) is 6.69. The maximum Gasteiger partial charge on any atom is 0.305 e. The first kappa shape index (κ1) is 16.9. The summed E-state index contributed by atoms with van der Waals surface area (Å²) in [6, 6.07) is 10.1. The fraction of sp³-hybridized carbons (Fsp3) is 0.412. The van der Waals surface area contributed by atoms with Gasteiger partial charge in [-0.25, -0.2) is 0 Å². The predicted molar refractivity (Wildman–Crippen MR) is 93.3 cm³/mol. The zero-order valence-electron chi connectivity index (χ0n) is 12.7. The van der Waals surface area contributed by atoms with Crippen LogP contribution in [0, 0.1) is 3.82 Å². The molecule has 0 spiro atoms. The first-order valence-corrected chi connectivity index (χ1v) is 8.74. The van der Waals surface area contributed by atoms with Crippen LogP contribution in [0.2, 0.25) is 0 Å². The summed E-state index contributed by atoms with van der Waals surface area (Å²) in [7, 11) is 0. The third kappa shape index (κ3) is 5.07. The third-order valence-electron chi connectivity index (χ3n) is 3.21. The van der Waals surface area contributed by atoms with Gasteiger partial charge in [0.05, 0.1) is 17.0 Å². The average molecular weight is 336 g/mol. The van der Waals surface area contributed by atoms with Gasteiger partial charge in [0.2, 0.25) is 0 Å². The standard InChI is InChI=1S/C17H20O3S2/c1-2-16(18)20-11-7-3-6-10-19-14-12-17(21)22-15-9-5-4-8-13(14)15/h4-5,8-9,12H,2-3,6-7,10-11H2,1H3. The molecule has 0 fully saturated rings. The maximum absolute atomic E-state index is 11.0. The van der Waals surface area contributed by atoms with Crippen molar-refractivity contribution in [3.63, 3.8) is 0 Å². The van der Waals surface area contributed by atoms with Crippen LogP contribution >= 0.6 is 23.6 Å². The monoisotopic (exact) mass is 336 g/mol. The first-order chi connectivity index (χ1) is 10.7. The molecule has 1 aromatic heterocycles. The topological polar surface area (TPSA) is 35.5 Å². The molecule has 3 nitrogen and oxygen atoms in total. The van der Waals surface area contributed by atoms with Crippen molar-refractivity contribution in [3.8, 4) is 5.75 Å². The Hall–Kier alpha value is -1.46. The van der Waals surface area contributed by atoms with Gasteiger partial charge in [0.1, 0.15) is 5.75 Å². The summed E-state index contributed by atoms with van der Waals surface area (Å²) in [6.45, 7) is 2.95. The molecule has 0 N–H and O–H groups in total. The van der Waals surface area contributed by atoms with Crippen LogP contribution in [0.3, 0.4) is 0 Å². The lowest BCUT2D eigenvalue weighted by Crippen LogP contribution is -2.04.